The maximum atomic E-state index is 13.5. The molecule has 1 saturated heterocycles. The summed E-state index contributed by atoms with van der Waals surface area (Å²) in [5, 5.41) is 3.34. The van der Waals surface area contributed by atoms with Crippen molar-refractivity contribution in [2.24, 2.45) is 0 Å². The quantitative estimate of drug-likeness (QED) is 0.922. The lowest BCUT2D eigenvalue weighted by Crippen LogP contribution is -2.48. The topological polar surface area (TPSA) is 35.6 Å². The number of piperazine rings is 1. The Morgan fingerprint density at radius 1 is 1.29 bits per heavy atom. The zero-order valence-corrected chi connectivity index (χ0v) is 13.0. The molecule has 116 valence electrons. The molecule has 1 amide bonds. The van der Waals surface area contributed by atoms with Crippen molar-refractivity contribution in [3.8, 4) is 0 Å². The zero-order chi connectivity index (χ0) is 15.4. The Morgan fingerprint density at radius 3 is 2.52 bits per heavy atom. The van der Waals surface area contributed by atoms with Gasteiger partial charge in [0, 0.05) is 51.4 Å². The Bertz CT molecular complexity index is 496. The largest absolute Gasteiger partial charge is 0.368 e. The molecule has 2 rings (SSSR count). The van der Waals surface area contributed by atoms with Gasteiger partial charge < -0.3 is 15.1 Å². The van der Waals surface area contributed by atoms with Crippen LogP contribution in [0.15, 0.2) is 18.2 Å². The van der Waals surface area contributed by atoms with Crippen molar-refractivity contribution in [2.75, 3.05) is 31.1 Å². The van der Waals surface area contributed by atoms with E-state index in [4.69, 9.17) is 0 Å². The second-order valence-corrected chi connectivity index (χ2v) is 5.80. The summed E-state index contributed by atoms with van der Waals surface area (Å²) >= 11 is 0. The Kier molecular flexibility index (Phi) is 5.17. The lowest BCUT2D eigenvalue weighted by molar-refractivity contribution is -0.129. The third-order valence-corrected chi connectivity index (χ3v) is 3.81. The SMILES string of the molecule is CC(=O)N1CCN(c2ccc(F)cc2CNC(C)C)CC1. The number of hydrogen-bond acceptors (Lipinski definition) is 3. The van der Waals surface area contributed by atoms with Crippen LogP contribution in [0, 0.1) is 5.82 Å². The monoisotopic (exact) mass is 293 g/mol. The van der Waals surface area contributed by atoms with Crippen LogP contribution in [0.2, 0.25) is 0 Å². The number of carbonyl (C=O) groups is 1. The first-order chi connectivity index (χ1) is 9.97. The predicted octanol–water partition coefficient (Wildman–Crippen LogP) is 1.99. The van der Waals surface area contributed by atoms with Gasteiger partial charge in [-0.2, -0.15) is 0 Å². The minimum Gasteiger partial charge on any atom is -0.368 e. The van der Waals surface area contributed by atoms with Crippen LogP contribution >= 0.6 is 0 Å². The van der Waals surface area contributed by atoms with Gasteiger partial charge >= 0.3 is 0 Å². The molecule has 0 saturated carbocycles. The summed E-state index contributed by atoms with van der Waals surface area (Å²) in [7, 11) is 0. The second-order valence-electron chi connectivity index (χ2n) is 5.80. The first-order valence-corrected chi connectivity index (χ1v) is 7.49. The molecule has 1 N–H and O–H groups in total. The minimum absolute atomic E-state index is 0.121. The number of rotatable bonds is 4. The number of amides is 1. The average molecular weight is 293 g/mol. The molecule has 1 fully saturated rings. The van der Waals surface area contributed by atoms with E-state index in [0.717, 1.165) is 37.4 Å². The van der Waals surface area contributed by atoms with E-state index in [1.54, 1.807) is 13.0 Å². The van der Waals surface area contributed by atoms with Crippen LogP contribution in [0.4, 0.5) is 10.1 Å². The summed E-state index contributed by atoms with van der Waals surface area (Å²) in [6, 6.07) is 5.31. The number of anilines is 1. The smallest absolute Gasteiger partial charge is 0.219 e. The van der Waals surface area contributed by atoms with Crippen molar-refractivity contribution in [3.05, 3.63) is 29.6 Å². The molecule has 5 heteroatoms. The van der Waals surface area contributed by atoms with Gasteiger partial charge in [-0.1, -0.05) is 13.8 Å². The molecule has 0 unspecified atom stereocenters. The minimum atomic E-state index is -0.207. The molecule has 4 nitrogen and oxygen atoms in total. The molecule has 0 spiro atoms. The van der Waals surface area contributed by atoms with Crippen molar-refractivity contribution in [1.82, 2.24) is 10.2 Å². The first-order valence-electron chi connectivity index (χ1n) is 7.49. The third-order valence-electron chi connectivity index (χ3n) is 3.81. The van der Waals surface area contributed by atoms with Crippen LogP contribution in [-0.4, -0.2) is 43.0 Å². The molecule has 1 aliphatic rings. The van der Waals surface area contributed by atoms with Crippen LogP contribution in [0.5, 0.6) is 0 Å². The van der Waals surface area contributed by atoms with Crippen LogP contribution in [-0.2, 0) is 11.3 Å². The van der Waals surface area contributed by atoms with E-state index in [1.165, 1.54) is 6.07 Å². The van der Waals surface area contributed by atoms with E-state index in [-0.39, 0.29) is 11.7 Å². The molecule has 1 aliphatic heterocycles. The summed E-state index contributed by atoms with van der Waals surface area (Å²) in [5.41, 5.74) is 2.03. The maximum Gasteiger partial charge on any atom is 0.219 e. The highest BCUT2D eigenvalue weighted by atomic mass is 19.1. The van der Waals surface area contributed by atoms with E-state index in [1.807, 2.05) is 11.0 Å². The molecule has 0 aliphatic carbocycles. The predicted molar refractivity (Wildman–Crippen MR) is 82.8 cm³/mol. The number of nitrogens with zero attached hydrogens (tertiary/aromatic N) is 2. The highest BCUT2D eigenvalue weighted by Crippen LogP contribution is 2.23. The summed E-state index contributed by atoms with van der Waals surface area (Å²) in [5.74, 6) is -0.0860. The molecule has 1 aromatic rings. The molecular formula is C16H24FN3O. The van der Waals surface area contributed by atoms with Crippen molar-refractivity contribution < 1.29 is 9.18 Å². The molecule has 0 aromatic heterocycles. The summed E-state index contributed by atoms with van der Waals surface area (Å²) in [6.45, 7) is 9.44. The van der Waals surface area contributed by atoms with E-state index in [0.29, 0.717) is 12.6 Å². The number of halogens is 1. The first kappa shape index (κ1) is 15.8. The van der Waals surface area contributed by atoms with Gasteiger partial charge in [0.25, 0.3) is 0 Å². The fourth-order valence-corrected chi connectivity index (χ4v) is 2.58. The van der Waals surface area contributed by atoms with Crippen molar-refractivity contribution in [1.29, 1.82) is 0 Å². The van der Waals surface area contributed by atoms with Gasteiger partial charge in [0.15, 0.2) is 0 Å². The Balaban J connectivity index is 2.10. The van der Waals surface area contributed by atoms with Gasteiger partial charge in [0.1, 0.15) is 5.82 Å². The second kappa shape index (κ2) is 6.89. The van der Waals surface area contributed by atoms with E-state index in [9.17, 15) is 9.18 Å². The van der Waals surface area contributed by atoms with Gasteiger partial charge in [-0.05, 0) is 23.8 Å². The lowest BCUT2D eigenvalue weighted by Gasteiger charge is -2.36. The standard InChI is InChI=1S/C16H24FN3O/c1-12(2)18-11-14-10-15(17)4-5-16(14)20-8-6-19(7-9-20)13(3)21/h4-5,10,12,18H,6-9,11H2,1-3H3. The van der Waals surface area contributed by atoms with E-state index in [2.05, 4.69) is 24.1 Å². The zero-order valence-electron chi connectivity index (χ0n) is 13.0. The van der Waals surface area contributed by atoms with Gasteiger partial charge in [0.05, 0.1) is 0 Å². The van der Waals surface area contributed by atoms with Crippen LogP contribution in [0.25, 0.3) is 0 Å². The maximum absolute atomic E-state index is 13.5. The number of nitrogens with one attached hydrogen (secondary N) is 1. The van der Waals surface area contributed by atoms with E-state index < -0.39 is 0 Å². The van der Waals surface area contributed by atoms with Crippen molar-refractivity contribution in [2.45, 2.75) is 33.4 Å². The van der Waals surface area contributed by atoms with Crippen LogP contribution in [0.3, 0.4) is 0 Å². The van der Waals surface area contributed by atoms with Gasteiger partial charge in [-0.15, -0.1) is 0 Å². The van der Waals surface area contributed by atoms with Gasteiger partial charge in [0.2, 0.25) is 5.91 Å². The highest BCUT2D eigenvalue weighted by Gasteiger charge is 2.20. The number of hydrogen-bond donors (Lipinski definition) is 1. The fourth-order valence-electron chi connectivity index (χ4n) is 2.58. The number of carbonyl (C=O) groups excluding carboxylic acids is 1. The average Bonchev–Trinajstić information content (AvgIpc) is 2.45. The molecular weight excluding hydrogens is 269 g/mol. The molecule has 1 heterocycles. The summed E-state index contributed by atoms with van der Waals surface area (Å²) in [4.78, 5) is 15.5. The lowest BCUT2D eigenvalue weighted by atomic mass is 10.1. The van der Waals surface area contributed by atoms with Crippen LogP contribution in [0.1, 0.15) is 26.3 Å². The summed E-state index contributed by atoms with van der Waals surface area (Å²) in [6.07, 6.45) is 0. The van der Waals surface area contributed by atoms with Crippen molar-refractivity contribution >= 4 is 11.6 Å². The molecule has 21 heavy (non-hydrogen) atoms. The molecule has 0 atom stereocenters. The number of benzene rings is 1. The Hall–Kier alpha value is -1.62. The third kappa shape index (κ3) is 4.17. The van der Waals surface area contributed by atoms with Crippen molar-refractivity contribution in [3.63, 3.8) is 0 Å². The molecule has 0 bridgehead atoms. The molecule has 0 radical (unpaired) electrons. The Morgan fingerprint density at radius 2 is 1.95 bits per heavy atom. The van der Waals surface area contributed by atoms with Gasteiger partial charge in [-0.25, -0.2) is 4.39 Å². The normalized spacial score (nSPS) is 15.7. The van der Waals surface area contributed by atoms with E-state index >= 15 is 0 Å². The summed E-state index contributed by atoms with van der Waals surface area (Å²) < 4.78 is 13.5. The van der Waals surface area contributed by atoms with Gasteiger partial charge in [-0.3, -0.25) is 4.79 Å². The molecule has 1 aromatic carbocycles. The fraction of sp³-hybridized carbons (Fsp3) is 0.562. The highest BCUT2D eigenvalue weighted by molar-refractivity contribution is 5.73. The Labute approximate surface area is 125 Å². The van der Waals surface area contributed by atoms with Crippen LogP contribution < -0.4 is 10.2 Å².